The third kappa shape index (κ3) is 4.68. The standard InChI is InChI=1S/C17H30N4/c1-5-9-18-11-16-6-7-17(19-14(16)2)21(4)13-15-8-10-20(3)12-15/h6-7,15,18H,5,8-13H2,1-4H3. The molecule has 1 aromatic rings. The second-order valence-corrected chi connectivity index (χ2v) is 6.39. The molecule has 2 rings (SSSR count). The minimum atomic E-state index is 0.771. The highest BCUT2D eigenvalue weighted by atomic mass is 15.2. The summed E-state index contributed by atoms with van der Waals surface area (Å²) < 4.78 is 0. The minimum Gasteiger partial charge on any atom is -0.359 e. The number of anilines is 1. The molecule has 0 bridgehead atoms. The summed E-state index contributed by atoms with van der Waals surface area (Å²) in [5.74, 6) is 1.87. The lowest BCUT2D eigenvalue weighted by Crippen LogP contribution is -2.28. The summed E-state index contributed by atoms with van der Waals surface area (Å²) in [6, 6.07) is 4.38. The second kappa shape index (κ2) is 7.76. The van der Waals surface area contributed by atoms with Crippen LogP contribution in [0.4, 0.5) is 5.82 Å². The molecule has 4 heteroatoms. The third-order valence-corrected chi connectivity index (χ3v) is 4.33. The first kappa shape index (κ1) is 16.2. The molecular formula is C17H30N4. The van der Waals surface area contributed by atoms with Crippen LogP contribution >= 0.6 is 0 Å². The molecule has 1 aromatic heterocycles. The fourth-order valence-electron chi connectivity index (χ4n) is 3.03. The van der Waals surface area contributed by atoms with E-state index in [1.165, 1.54) is 31.5 Å². The van der Waals surface area contributed by atoms with Crippen molar-refractivity contribution in [3.05, 3.63) is 23.4 Å². The molecule has 1 aliphatic rings. The Morgan fingerprint density at radius 3 is 2.86 bits per heavy atom. The van der Waals surface area contributed by atoms with Gasteiger partial charge < -0.3 is 15.1 Å². The van der Waals surface area contributed by atoms with Gasteiger partial charge in [-0.15, -0.1) is 0 Å². The predicted molar refractivity (Wildman–Crippen MR) is 89.8 cm³/mol. The Morgan fingerprint density at radius 1 is 1.43 bits per heavy atom. The number of pyridine rings is 1. The van der Waals surface area contributed by atoms with Crippen molar-refractivity contribution in [2.45, 2.75) is 33.2 Å². The fourth-order valence-corrected chi connectivity index (χ4v) is 3.03. The topological polar surface area (TPSA) is 31.4 Å². The van der Waals surface area contributed by atoms with E-state index >= 15 is 0 Å². The molecule has 1 atom stereocenters. The Labute approximate surface area is 129 Å². The number of nitrogens with zero attached hydrogens (tertiary/aromatic N) is 3. The molecule has 1 N–H and O–H groups in total. The molecule has 1 aliphatic heterocycles. The van der Waals surface area contributed by atoms with Gasteiger partial charge in [-0.25, -0.2) is 4.98 Å². The van der Waals surface area contributed by atoms with Crippen LogP contribution in [-0.2, 0) is 6.54 Å². The molecular weight excluding hydrogens is 260 g/mol. The first-order valence-electron chi connectivity index (χ1n) is 8.17. The molecule has 1 unspecified atom stereocenters. The van der Waals surface area contributed by atoms with E-state index in [0.29, 0.717) is 0 Å². The predicted octanol–water partition coefficient (Wildman–Crippen LogP) is 2.28. The summed E-state index contributed by atoms with van der Waals surface area (Å²) in [6.45, 7) is 9.83. The number of hydrogen-bond acceptors (Lipinski definition) is 4. The maximum Gasteiger partial charge on any atom is 0.128 e. The van der Waals surface area contributed by atoms with Gasteiger partial charge in [0.1, 0.15) is 5.82 Å². The van der Waals surface area contributed by atoms with Crippen molar-refractivity contribution in [3.8, 4) is 0 Å². The monoisotopic (exact) mass is 290 g/mol. The van der Waals surface area contributed by atoms with Gasteiger partial charge >= 0.3 is 0 Å². The van der Waals surface area contributed by atoms with Crippen molar-refractivity contribution in [2.24, 2.45) is 5.92 Å². The van der Waals surface area contributed by atoms with Gasteiger partial charge in [-0.2, -0.15) is 0 Å². The van der Waals surface area contributed by atoms with Crippen LogP contribution in [0.5, 0.6) is 0 Å². The van der Waals surface area contributed by atoms with E-state index in [9.17, 15) is 0 Å². The molecule has 0 saturated carbocycles. The maximum absolute atomic E-state index is 4.79. The summed E-state index contributed by atoms with van der Waals surface area (Å²) in [5, 5.41) is 3.45. The highest BCUT2D eigenvalue weighted by molar-refractivity contribution is 5.41. The van der Waals surface area contributed by atoms with E-state index in [1.54, 1.807) is 0 Å². The SMILES string of the molecule is CCCNCc1ccc(N(C)CC2CCN(C)C2)nc1C. The van der Waals surface area contributed by atoms with Gasteiger partial charge in [0, 0.05) is 32.4 Å². The fraction of sp³-hybridized carbons (Fsp3) is 0.706. The molecule has 0 spiro atoms. The number of nitrogens with one attached hydrogen (secondary N) is 1. The first-order valence-corrected chi connectivity index (χ1v) is 8.17. The van der Waals surface area contributed by atoms with Crippen molar-refractivity contribution in [1.29, 1.82) is 0 Å². The highest BCUT2D eigenvalue weighted by Gasteiger charge is 2.21. The third-order valence-electron chi connectivity index (χ3n) is 4.33. The first-order chi connectivity index (χ1) is 10.1. The quantitative estimate of drug-likeness (QED) is 0.781. The Balaban J connectivity index is 1.92. The van der Waals surface area contributed by atoms with Gasteiger partial charge in [0.15, 0.2) is 0 Å². The average molecular weight is 290 g/mol. The minimum absolute atomic E-state index is 0.771. The zero-order chi connectivity index (χ0) is 15.2. The largest absolute Gasteiger partial charge is 0.359 e. The van der Waals surface area contributed by atoms with Crippen molar-refractivity contribution in [2.75, 3.05) is 45.2 Å². The molecule has 4 nitrogen and oxygen atoms in total. The van der Waals surface area contributed by atoms with Crippen LogP contribution in [0.15, 0.2) is 12.1 Å². The van der Waals surface area contributed by atoms with Crippen LogP contribution in [0.1, 0.15) is 31.0 Å². The smallest absolute Gasteiger partial charge is 0.128 e. The lowest BCUT2D eigenvalue weighted by atomic mass is 10.1. The molecule has 1 fully saturated rings. The molecule has 0 amide bonds. The Hall–Kier alpha value is -1.13. The Bertz CT molecular complexity index is 446. The zero-order valence-electron chi connectivity index (χ0n) is 14.0. The van der Waals surface area contributed by atoms with Crippen molar-refractivity contribution in [3.63, 3.8) is 0 Å². The van der Waals surface area contributed by atoms with E-state index in [-0.39, 0.29) is 0 Å². The summed E-state index contributed by atoms with van der Waals surface area (Å²) in [4.78, 5) is 9.51. The van der Waals surface area contributed by atoms with Gasteiger partial charge in [0.2, 0.25) is 0 Å². The van der Waals surface area contributed by atoms with Crippen LogP contribution in [0.25, 0.3) is 0 Å². The van der Waals surface area contributed by atoms with Gasteiger partial charge in [-0.05, 0) is 57.5 Å². The Kier molecular flexibility index (Phi) is 6.00. The normalized spacial score (nSPS) is 19.1. The van der Waals surface area contributed by atoms with Gasteiger partial charge in [-0.3, -0.25) is 0 Å². The molecule has 0 radical (unpaired) electrons. The maximum atomic E-state index is 4.79. The van der Waals surface area contributed by atoms with Crippen molar-refractivity contribution < 1.29 is 0 Å². The van der Waals surface area contributed by atoms with Crippen LogP contribution in [0, 0.1) is 12.8 Å². The van der Waals surface area contributed by atoms with Crippen molar-refractivity contribution in [1.82, 2.24) is 15.2 Å². The van der Waals surface area contributed by atoms with Gasteiger partial charge in [0.25, 0.3) is 0 Å². The average Bonchev–Trinajstić information content (AvgIpc) is 2.86. The number of hydrogen-bond donors (Lipinski definition) is 1. The molecule has 1 saturated heterocycles. The van der Waals surface area contributed by atoms with E-state index in [2.05, 4.69) is 55.2 Å². The summed E-state index contributed by atoms with van der Waals surface area (Å²) in [6.07, 6.45) is 2.47. The number of aryl methyl sites for hydroxylation is 1. The molecule has 2 heterocycles. The van der Waals surface area contributed by atoms with E-state index in [0.717, 1.165) is 37.1 Å². The lowest BCUT2D eigenvalue weighted by Gasteiger charge is -2.23. The molecule has 21 heavy (non-hydrogen) atoms. The van der Waals surface area contributed by atoms with E-state index < -0.39 is 0 Å². The van der Waals surface area contributed by atoms with Gasteiger partial charge in [-0.1, -0.05) is 13.0 Å². The number of aromatic nitrogens is 1. The van der Waals surface area contributed by atoms with E-state index in [4.69, 9.17) is 4.98 Å². The number of rotatable bonds is 7. The Morgan fingerprint density at radius 2 is 2.24 bits per heavy atom. The van der Waals surface area contributed by atoms with Crippen LogP contribution in [0.3, 0.4) is 0 Å². The van der Waals surface area contributed by atoms with Crippen LogP contribution in [0.2, 0.25) is 0 Å². The van der Waals surface area contributed by atoms with Crippen LogP contribution in [-0.4, -0.2) is 50.2 Å². The highest BCUT2D eigenvalue weighted by Crippen LogP contribution is 2.19. The molecule has 0 aromatic carbocycles. The second-order valence-electron chi connectivity index (χ2n) is 6.39. The number of likely N-dealkylation sites (tertiary alicyclic amines) is 1. The summed E-state index contributed by atoms with van der Waals surface area (Å²) >= 11 is 0. The summed E-state index contributed by atoms with van der Waals surface area (Å²) in [5.41, 5.74) is 2.45. The summed E-state index contributed by atoms with van der Waals surface area (Å²) in [7, 11) is 4.37. The molecule has 0 aliphatic carbocycles. The van der Waals surface area contributed by atoms with Crippen molar-refractivity contribution >= 4 is 5.82 Å². The lowest BCUT2D eigenvalue weighted by molar-refractivity contribution is 0.395. The van der Waals surface area contributed by atoms with E-state index in [1.807, 2.05) is 0 Å². The zero-order valence-corrected chi connectivity index (χ0v) is 14.0. The van der Waals surface area contributed by atoms with Gasteiger partial charge in [0.05, 0.1) is 0 Å². The van der Waals surface area contributed by atoms with Crippen LogP contribution < -0.4 is 10.2 Å². The molecule has 118 valence electrons.